The predicted octanol–water partition coefficient (Wildman–Crippen LogP) is 3.50. The van der Waals surface area contributed by atoms with E-state index in [0.717, 1.165) is 15.6 Å². The summed E-state index contributed by atoms with van der Waals surface area (Å²) in [4.78, 5) is 0. The SMILES string of the molecule is CC(C)(C)[SiH2]OC(C)(C)c1cc(Br)cc(CO)c1. The van der Waals surface area contributed by atoms with E-state index >= 15 is 0 Å². The van der Waals surface area contributed by atoms with Gasteiger partial charge in [0.05, 0.1) is 12.2 Å². The Morgan fingerprint density at radius 1 is 1.17 bits per heavy atom. The standard InChI is InChI=1S/C14H23BrO2Si/c1-13(2,3)18-17-14(4,5)11-6-10(9-16)7-12(15)8-11/h6-8,16H,9,18H2,1-5H3. The van der Waals surface area contributed by atoms with E-state index in [1.54, 1.807) is 0 Å². The first-order chi connectivity index (χ1) is 8.14. The number of rotatable bonds is 4. The molecule has 0 aliphatic carbocycles. The van der Waals surface area contributed by atoms with Crippen LogP contribution in [0, 0.1) is 0 Å². The Kier molecular flexibility index (Phi) is 5.18. The van der Waals surface area contributed by atoms with Crippen molar-refractivity contribution in [3.63, 3.8) is 0 Å². The highest BCUT2D eigenvalue weighted by molar-refractivity contribution is 9.10. The average Bonchev–Trinajstić information content (AvgIpc) is 2.25. The van der Waals surface area contributed by atoms with Crippen molar-refractivity contribution in [1.82, 2.24) is 0 Å². The molecule has 0 aliphatic rings. The van der Waals surface area contributed by atoms with Gasteiger partial charge in [-0.05, 0) is 42.1 Å². The van der Waals surface area contributed by atoms with Crippen molar-refractivity contribution in [3.8, 4) is 0 Å². The van der Waals surface area contributed by atoms with E-state index in [-0.39, 0.29) is 17.2 Å². The molecular formula is C14H23BrO2Si. The minimum absolute atomic E-state index is 0.0548. The van der Waals surface area contributed by atoms with Crippen molar-refractivity contribution in [2.75, 3.05) is 0 Å². The molecule has 0 amide bonds. The highest BCUT2D eigenvalue weighted by atomic mass is 79.9. The van der Waals surface area contributed by atoms with Gasteiger partial charge in [-0.3, -0.25) is 0 Å². The maximum Gasteiger partial charge on any atom is 0.168 e. The number of halogens is 1. The van der Waals surface area contributed by atoms with Gasteiger partial charge in [0.25, 0.3) is 0 Å². The van der Waals surface area contributed by atoms with Crippen LogP contribution < -0.4 is 0 Å². The van der Waals surface area contributed by atoms with Gasteiger partial charge >= 0.3 is 0 Å². The molecule has 0 aliphatic heterocycles. The van der Waals surface area contributed by atoms with Crippen LogP contribution in [0.5, 0.6) is 0 Å². The maximum atomic E-state index is 9.26. The second-order valence-electron chi connectivity index (χ2n) is 6.37. The van der Waals surface area contributed by atoms with Gasteiger partial charge in [-0.2, -0.15) is 0 Å². The van der Waals surface area contributed by atoms with Gasteiger partial charge in [-0.25, -0.2) is 0 Å². The number of hydrogen-bond donors (Lipinski definition) is 1. The molecule has 0 saturated heterocycles. The molecule has 0 heterocycles. The molecule has 18 heavy (non-hydrogen) atoms. The lowest BCUT2D eigenvalue weighted by atomic mass is 9.97. The van der Waals surface area contributed by atoms with Crippen molar-refractivity contribution in [1.29, 1.82) is 0 Å². The summed E-state index contributed by atoms with van der Waals surface area (Å²) < 4.78 is 7.16. The highest BCUT2D eigenvalue weighted by Crippen LogP contribution is 2.31. The molecule has 2 nitrogen and oxygen atoms in total. The molecule has 0 unspecified atom stereocenters. The Hall–Kier alpha value is -0.163. The smallest absolute Gasteiger partial charge is 0.168 e. The normalized spacial score (nSPS) is 13.5. The van der Waals surface area contributed by atoms with Crippen LogP contribution in [-0.4, -0.2) is 14.9 Å². The molecular weight excluding hydrogens is 308 g/mol. The van der Waals surface area contributed by atoms with Gasteiger partial charge in [0.1, 0.15) is 0 Å². The minimum Gasteiger partial charge on any atom is -0.415 e. The van der Waals surface area contributed by atoms with Gasteiger partial charge in [-0.15, -0.1) is 0 Å². The molecule has 0 aromatic heterocycles. The molecule has 0 saturated carbocycles. The first-order valence-electron chi connectivity index (χ1n) is 6.19. The van der Waals surface area contributed by atoms with E-state index in [2.05, 4.69) is 56.6 Å². The van der Waals surface area contributed by atoms with Crippen LogP contribution in [0.15, 0.2) is 22.7 Å². The molecule has 0 spiro atoms. The molecule has 0 radical (unpaired) electrons. The van der Waals surface area contributed by atoms with Crippen LogP contribution in [0.3, 0.4) is 0 Å². The van der Waals surface area contributed by atoms with E-state index < -0.39 is 9.76 Å². The maximum absolute atomic E-state index is 9.26. The summed E-state index contributed by atoms with van der Waals surface area (Å²) >= 11 is 3.48. The molecule has 1 aromatic carbocycles. The molecule has 1 aromatic rings. The molecule has 0 fully saturated rings. The second kappa shape index (κ2) is 5.86. The Morgan fingerprint density at radius 2 is 1.78 bits per heavy atom. The van der Waals surface area contributed by atoms with Crippen LogP contribution in [-0.2, 0) is 16.6 Å². The number of hydrogen-bond acceptors (Lipinski definition) is 2. The van der Waals surface area contributed by atoms with E-state index in [1.165, 1.54) is 0 Å². The fraction of sp³-hybridized carbons (Fsp3) is 0.571. The summed E-state index contributed by atoms with van der Waals surface area (Å²) in [5.74, 6) is 0. The Balaban J connectivity index is 2.93. The van der Waals surface area contributed by atoms with E-state index in [9.17, 15) is 5.11 Å². The molecule has 1 N–H and O–H groups in total. The van der Waals surface area contributed by atoms with Crippen LogP contribution in [0.4, 0.5) is 0 Å². The minimum atomic E-state index is -0.607. The largest absolute Gasteiger partial charge is 0.415 e. The van der Waals surface area contributed by atoms with E-state index in [0.29, 0.717) is 0 Å². The lowest BCUT2D eigenvalue weighted by molar-refractivity contribution is 0.109. The predicted molar refractivity (Wildman–Crippen MR) is 82.4 cm³/mol. The second-order valence-corrected chi connectivity index (χ2v) is 9.98. The van der Waals surface area contributed by atoms with Crippen LogP contribution in [0.2, 0.25) is 5.04 Å². The first kappa shape index (κ1) is 15.9. The van der Waals surface area contributed by atoms with Crippen LogP contribution in [0.25, 0.3) is 0 Å². The third kappa shape index (κ3) is 4.84. The van der Waals surface area contributed by atoms with Crippen LogP contribution >= 0.6 is 15.9 Å². The van der Waals surface area contributed by atoms with E-state index in [1.807, 2.05) is 12.1 Å². The lowest BCUT2D eigenvalue weighted by Crippen LogP contribution is -2.27. The Labute approximate surface area is 121 Å². The average molecular weight is 331 g/mol. The van der Waals surface area contributed by atoms with Gasteiger partial charge in [0.2, 0.25) is 0 Å². The van der Waals surface area contributed by atoms with Crippen molar-refractivity contribution in [2.24, 2.45) is 0 Å². The first-order valence-corrected chi connectivity index (χ1v) is 8.26. The third-order valence-electron chi connectivity index (χ3n) is 2.70. The van der Waals surface area contributed by atoms with Crippen LogP contribution in [0.1, 0.15) is 45.7 Å². The van der Waals surface area contributed by atoms with Gasteiger partial charge < -0.3 is 9.53 Å². The molecule has 102 valence electrons. The molecule has 0 atom stereocenters. The Bertz CT molecular complexity index is 411. The van der Waals surface area contributed by atoms with Gasteiger partial charge in [-0.1, -0.05) is 42.8 Å². The number of aliphatic hydroxyl groups is 1. The fourth-order valence-electron chi connectivity index (χ4n) is 1.57. The van der Waals surface area contributed by atoms with E-state index in [4.69, 9.17) is 4.43 Å². The fourth-order valence-corrected chi connectivity index (χ4v) is 3.07. The van der Waals surface area contributed by atoms with Crippen molar-refractivity contribution < 1.29 is 9.53 Å². The molecule has 4 heteroatoms. The van der Waals surface area contributed by atoms with Crippen molar-refractivity contribution >= 4 is 25.7 Å². The zero-order chi connectivity index (χ0) is 14.0. The Morgan fingerprint density at radius 3 is 2.28 bits per heavy atom. The lowest BCUT2D eigenvalue weighted by Gasteiger charge is -2.31. The van der Waals surface area contributed by atoms with Crippen molar-refractivity contribution in [2.45, 2.75) is 51.9 Å². The third-order valence-corrected chi connectivity index (χ3v) is 4.89. The van der Waals surface area contributed by atoms with Gasteiger partial charge in [0, 0.05) is 4.47 Å². The quantitative estimate of drug-likeness (QED) is 0.856. The molecule has 0 bridgehead atoms. The summed E-state index contributed by atoms with van der Waals surface area (Å²) in [5.41, 5.74) is 1.72. The molecule has 1 rings (SSSR count). The number of benzene rings is 1. The summed E-state index contributed by atoms with van der Waals surface area (Å²) in [6.07, 6.45) is 0. The number of aliphatic hydroxyl groups excluding tert-OH is 1. The summed E-state index contributed by atoms with van der Waals surface area (Å²) in [6.45, 7) is 10.9. The summed E-state index contributed by atoms with van der Waals surface area (Å²) in [5, 5.41) is 9.54. The zero-order valence-electron chi connectivity index (χ0n) is 11.9. The van der Waals surface area contributed by atoms with Gasteiger partial charge in [0.15, 0.2) is 9.76 Å². The summed E-state index contributed by atoms with van der Waals surface area (Å²) in [6, 6.07) is 6.01. The monoisotopic (exact) mass is 330 g/mol. The highest BCUT2D eigenvalue weighted by Gasteiger charge is 2.25. The zero-order valence-corrected chi connectivity index (χ0v) is 14.9. The topological polar surface area (TPSA) is 29.5 Å². The summed E-state index contributed by atoms with van der Waals surface area (Å²) in [7, 11) is -0.607. The van der Waals surface area contributed by atoms with Crippen molar-refractivity contribution in [3.05, 3.63) is 33.8 Å².